The molecule has 0 bridgehead atoms. The Balaban J connectivity index is 1.62. The molecule has 0 radical (unpaired) electrons. The third-order valence-corrected chi connectivity index (χ3v) is 4.63. The summed E-state index contributed by atoms with van der Waals surface area (Å²) in [6, 6.07) is 22.8. The summed E-state index contributed by atoms with van der Waals surface area (Å²) in [5.74, 6) is 1.30. The molecule has 0 unspecified atom stereocenters. The molecule has 3 aromatic rings. The monoisotopic (exact) mass is 410 g/mol. The van der Waals surface area contributed by atoms with E-state index in [1.165, 1.54) is 0 Å². The Bertz CT molecular complexity index is 898. The summed E-state index contributed by atoms with van der Waals surface area (Å²) in [6.07, 6.45) is 0. The lowest BCUT2D eigenvalue weighted by molar-refractivity contribution is -0.114. The summed E-state index contributed by atoms with van der Waals surface area (Å²) in [5.41, 5.74) is 2.60. The number of anilines is 2. The first-order valence-corrected chi connectivity index (χ1v) is 9.03. The highest BCUT2D eigenvalue weighted by Crippen LogP contribution is 2.29. The maximum atomic E-state index is 12.2. The van der Waals surface area contributed by atoms with Gasteiger partial charge >= 0.3 is 0 Å². The second-order valence-corrected chi connectivity index (χ2v) is 6.63. The first-order chi connectivity index (χ1) is 12.6. The molecule has 26 heavy (non-hydrogen) atoms. The lowest BCUT2D eigenvalue weighted by Crippen LogP contribution is -2.21. The molecule has 0 fully saturated rings. The van der Waals surface area contributed by atoms with E-state index < -0.39 is 0 Å². The van der Waals surface area contributed by atoms with Gasteiger partial charge in [-0.15, -0.1) is 0 Å². The molecule has 2 N–H and O–H groups in total. The van der Waals surface area contributed by atoms with Crippen molar-refractivity contribution in [2.24, 2.45) is 0 Å². The minimum Gasteiger partial charge on any atom is -0.455 e. The van der Waals surface area contributed by atoms with Crippen LogP contribution in [0.15, 0.2) is 77.3 Å². The second-order valence-electron chi connectivity index (χ2n) is 5.78. The smallest absolute Gasteiger partial charge is 0.243 e. The van der Waals surface area contributed by atoms with Crippen molar-refractivity contribution in [2.75, 3.05) is 17.2 Å². The van der Waals surface area contributed by atoms with Crippen LogP contribution in [0.2, 0.25) is 0 Å². The standard InChI is InChI=1S/C21H19BrN2O2/c1-15-13-16(11-12-18(15)22)24-21(25)14-23-19-9-5-6-10-20(19)26-17-7-3-2-4-8-17/h2-13,23H,14H2,1H3,(H,24,25). The van der Waals surface area contributed by atoms with Gasteiger partial charge in [-0.2, -0.15) is 0 Å². The molecule has 5 heteroatoms. The summed E-state index contributed by atoms with van der Waals surface area (Å²) < 4.78 is 6.90. The van der Waals surface area contributed by atoms with Crippen LogP contribution < -0.4 is 15.4 Å². The predicted octanol–water partition coefficient (Wildman–Crippen LogP) is 5.60. The fourth-order valence-electron chi connectivity index (χ4n) is 2.42. The molecule has 4 nitrogen and oxygen atoms in total. The van der Waals surface area contributed by atoms with Gasteiger partial charge in [-0.25, -0.2) is 0 Å². The third kappa shape index (κ3) is 4.86. The Morgan fingerprint density at radius 1 is 1.00 bits per heavy atom. The largest absolute Gasteiger partial charge is 0.455 e. The van der Waals surface area contributed by atoms with Crippen molar-refractivity contribution < 1.29 is 9.53 Å². The number of benzene rings is 3. The zero-order valence-corrected chi connectivity index (χ0v) is 15.9. The van der Waals surface area contributed by atoms with E-state index in [4.69, 9.17) is 4.74 Å². The zero-order chi connectivity index (χ0) is 18.4. The molecule has 0 atom stereocenters. The molecule has 3 rings (SSSR count). The van der Waals surface area contributed by atoms with E-state index in [0.717, 1.165) is 27.2 Å². The molecule has 132 valence electrons. The van der Waals surface area contributed by atoms with Gasteiger partial charge in [-0.1, -0.05) is 46.3 Å². The molecule has 0 saturated heterocycles. The van der Waals surface area contributed by atoms with Crippen molar-refractivity contribution in [1.29, 1.82) is 0 Å². The Morgan fingerprint density at radius 3 is 2.50 bits per heavy atom. The van der Waals surface area contributed by atoms with E-state index in [0.29, 0.717) is 5.75 Å². The molecule has 0 aromatic heterocycles. The van der Waals surface area contributed by atoms with E-state index in [-0.39, 0.29) is 12.5 Å². The van der Waals surface area contributed by atoms with Crippen LogP contribution in [-0.2, 0) is 4.79 Å². The van der Waals surface area contributed by atoms with Crippen LogP contribution in [0, 0.1) is 6.92 Å². The van der Waals surface area contributed by atoms with Gasteiger partial charge in [-0.05, 0) is 55.0 Å². The van der Waals surface area contributed by atoms with Crippen molar-refractivity contribution in [3.05, 3.63) is 82.8 Å². The van der Waals surface area contributed by atoms with Gasteiger partial charge in [0.1, 0.15) is 5.75 Å². The number of ether oxygens (including phenoxy) is 1. The average Bonchev–Trinajstić information content (AvgIpc) is 2.65. The van der Waals surface area contributed by atoms with Crippen molar-refractivity contribution in [1.82, 2.24) is 0 Å². The first-order valence-electron chi connectivity index (χ1n) is 8.23. The molecule has 3 aromatic carbocycles. The normalized spacial score (nSPS) is 10.2. The molecule has 0 aliphatic carbocycles. The summed E-state index contributed by atoms with van der Waals surface area (Å²) in [7, 11) is 0. The highest BCUT2D eigenvalue weighted by atomic mass is 79.9. The number of carbonyl (C=O) groups excluding carboxylic acids is 1. The number of aryl methyl sites for hydroxylation is 1. The quantitative estimate of drug-likeness (QED) is 0.555. The van der Waals surface area contributed by atoms with Crippen molar-refractivity contribution in [3.63, 3.8) is 0 Å². The fraction of sp³-hybridized carbons (Fsp3) is 0.0952. The van der Waals surface area contributed by atoms with Crippen molar-refractivity contribution in [2.45, 2.75) is 6.92 Å². The minimum absolute atomic E-state index is 0.124. The van der Waals surface area contributed by atoms with Gasteiger partial charge < -0.3 is 15.4 Å². The van der Waals surface area contributed by atoms with Crippen LogP contribution >= 0.6 is 15.9 Å². The molecule has 0 spiro atoms. The van der Waals surface area contributed by atoms with E-state index in [9.17, 15) is 4.79 Å². The maximum Gasteiger partial charge on any atom is 0.243 e. The number of para-hydroxylation sites is 3. The van der Waals surface area contributed by atoms with E-state index in [2.05, 4.69) is 26.6 Å². The van der Waals surface area contributed by atoms with Gasteiger partial charge in [0.2, 0.25) is 5.91 Å². The Labute approximate surface area is 161 Å². The zero-order valence-electron chi connectivity index (χ0n) is 14.3. The molecule has 0 heterocycles. The predicted molar refractivity (Wildman–Crippen MR) is 109 cm³/mol. The number of carbonyl (C=O) groups is 1. The molecular formula is C21H19BrN2O2. The Kier molecular flexibility index (Phi) is 5.92. The van der Waals surface area contributed by atoms with Gasteiger partial charge in [0.15, 0.2) is 5.75 Å². The summed E-state index contributed by atoms with van der Waals surface area (Å²) in [4.78, 5) is 12.2. The van der Waals surface area contributed by atoms with Gasteiger partial charge in [0, 0.05) is 10.2 Å². The lowest BCUT2D eigenvalue weighted by Gasteiger charge is -2.13. The van der Waals surface area contributed by atoms with Gasteiger partial charge in [-0.3, -0.25) is 4.79 Å². The number of hydrogen-bond donors (Lipinski definition) is 2. The molecular weight excluding hydrogens is 392 g/mol. The highest BCUT2D eigenvalue weighted by Gasteiger charge is 2.07. The van der Waals surface area contributed by atoms with Gasteiger partial charge in [0.05, 0.1) is 12.2 Å². The second kappa shape index (κ2) is 8.54. The van der Waals surface area contributed by atoms with Crippen LogP contribution in [0.3, 0.4) is 0 Å². The fourth-order valence-corrected chi connectivity index (χ4v) is 2.67. The summed E-state index contributed by atoms with van der Waals surface area (Å²) in [6.45, 7) is 2.12. The molecule has 0 aliphatic heterocycles. The highest BCUT2D eigenvalue weighted by molar-refractivity contribution is 9.10. The summed E-state index contributed by atoms with van der Waals surface area (Å²) in [5, 5.41) is 6.02. The number of halogens is 1. The molecule has 0 saturated carbocycles. The Hall–Kier alpha value is -2.79. The van der Waals surface area contributed by atoms with Crippen LogP contribution in [0.1, 0.15) is 5.56 Å². The third-order valence-electron chi connectivity index (χ3n) is 3.74. The first kappa shape index (κ1) is 18.0. The number of hydrogen-bond acceptors (Lipinski definition) is 3. The lowest BCUT2D eigenvalue weighted by atomic mass is 10.2. The van der Waals surface area contributed by atoms with Crippen LogP contribution in [0.25, 0.3) is 0 Å². The minimum atomic E-state index is -0.124. The van der Waals surface area contributed by atoms with E-state index >= 15 is 0 Å². The van der Waals surface area contributed by atoms with E-state index in [1.54, 1.807) is 0 Å². The SMILES string of the molecule is Cc1cc(NC(=O)CNc2ccccc2Oc2ccccc2)ccc1Br. The van der Waals surface area contributed by atoms with Crippen LogP contribution in [0.5, 0.6) is 11.5 Å². The maximum absolute atomic E-state index is 12.2. The number of rotatable bonds is 6. The topological polar surface area (TPSA) is 50.4 Å². The van der Waals surface area contributed by atoms with Crippen molar-refractivity contribution in [3.8, 4) is 11.5 Å². The Morgan fingerprint density at radius 2 is 1.73 bits per heavy atom. The number of nitrogens with one attached hydrogen (secondary N) is 2. The molecule has 1 amide bonds. The van der Waals surface area contributed by atoms with Crippen LogP contribution in [-0.4, -0.2) is 12.5 Å². The van der Waals surface area contributed by atoms with Crippen molar-refractivity contribution >= 4 is 33.2 Å². The van der Waals surface area contributed by atoms with Gasteiger partial charge in [0.25, 0.3) is 0 Å². The summed E-state index contributed by atoms with van der Waals surface area (Å²) >= 11 is 3.45. The van der Waals surface area contributed by atoms with Crippen LogP contribution in [0.4, 0.5) is 11.4 Å². The average molecular weight is 411 g/mol. The molecule has 0 aliphatic rings. The number of amides is 1. The van der Waals surface area contributed by atoms with E-state index in [1.807, 2.05) is 79.7 Å².